The summed E-state index contributed by atoms with van der Waals surface area (Å²) >= 11 is 0. The van der Waals surface area contributed by atoms with Gasteiger partial charge in [-0.3, -0.25) is 0 Å². The third kappa shape index (κ3) is 4.24. The molecule has 0 saturated heterocycles. The Kier molecular flexibility index (Phi) is 5.47. The number of nitrogens with two attached hydrogens (primary N) is 1. The molecule has 1 atom stereocenters. The van der Waals surface area contributed by atoms with Gasteiger partial charge in [0.05, 0.1) is 0 Å². The standard InChI is InChI=1S/C18H30N2/c1-14-11-17(12-15(2)19)9-10-18(14)20(3)13-16-7-5-4-6-8-16/h9-11,15-16H,4-8,12-13,19H2,1-3H3. The van der Waals surface area contributed by atoms with Crippen molar-refractivity contribution in [2.75, 3.05) is 18.5 Å². The Morgan fingerprint density at radius 1 is 1.25 bits per heavy atom. The molecule has 1 unspecified atom stereocenters. The maximum atomic E-state index is 5.89. The maximum Gasteiger partial charge on any atom is 0.0393 e. The number of hydrogen-bond acceptors (Lipinski definition) is 2. The minimum Gasteiger partial charge on any atom is -0.374 e. The van der Waals surface area contributed by atoms with Crippen LogP contribution >= 0.6 is 0 Å². The molecular formula is C18H30N2. The van der Waals surface area contributed by atoms with Gasteiger partial charge in [-0.2, -0.15) is 0 Å². The fraction of sp³-hybridized carbons (Fsp3) is 0.667. The third-order valence-electron chi connectivity index (χ3n) is 4.49. The predicted molar refractivity (Wildman–Crippen MR) is 88.4 cm³/mol. The Morgan fingerprint density at radius 2 is 1.95 bits per heavy atom. The molecule has 0 heterocycles. The fourth-order valence-electron chi connectivity index (χ4n) is 3.50. The molecule has 0 spiro atoms. The summed E-state index contributed by atoms with van der Waals surface area (Å²) in [6.07, 6.45) is 8.06. The van der Waals surface area contributed by atoms with E-state index in [1.54, 1.807) is 0 Å². The molecule has 2 N–H and O–H groups in total. The molecule has 1 aliphatic rings. The molecule has 0 aliphatic heterocycles. The monoisotopic (exact) mass is 274 g/mol. The van der Waals surface area contributed by atoms with E-state index in [0.29, 0.717) is 0 Å². The van der Waals surface area contributed by atoms with Gasteiger partial charge >= 0.3 is 0 Å². The highest BCUT2D eigenvalue weighted by Crippen LogP contribution is 2.27. The Morgan fingerprint density at radius 3 is 2.55 bits per heavy atom. The lowest BCUT2D eigenvalue weighted by Gasteiger charge is -2.29. The van der Waals surface area contributed by atoms with Gasteiger partial charge in [0.2, 0.25) is 0 Å². The minimum atomic E-state index is 0.236. The van der Waals surface area contributed by atoms with Gasteiger partial charge in [-0.25, -0.2) is 0 Å². The smallest absolute Gasteiger partial charge is 0.0393 e. The zero-order valence-electron chi connectivity index (χ0n) is 13.4. The van der Waals surface area contributed by atoms with Crippen LogP contribution < -0.4 is 10.6 Å². The zero-order chi connectivity index (χ0) is 14.5. The molecule has 1 fully saturated rings. The average Bonchev–Trinajstić information content (AvgIpc) is 2.39. The average molecular weight is 274 g/mol. The van der Waals surface area contributed by atoms with Gasteiger partial charge in [-0.05, 0) is 56.2 Å². The number of benzene rings is 1. The van der Waals surface area contributed by atoms with Gasteiger partial charge in [0.15, 0.2) is 0 Å². The van der Waals surface area contributed by atoms with Crippen LogP contribution in [0.5, 0.6) is 0 Å². The van der Waals surface area contributed by atoms with Crippen LogP contribution in [-0.2, 0) is 6.42 Å². The first kappa shape index (κ1) is 15.4. The number of hydrogen-bond donors (Lipinski definition) is 1. The first-order valence-electron chi connectivity index (χ1n) is 8.12. The molecular weight excluding hydrogens is 244 g/mol. The quantitative estimate of drug-likeness (QED) is 0.882. The Hall–Kier alpha value is -1.02. The van der Waals surface area contributed by atoms with Crippen LogP contribution in [0.15, 0.2) is 18.2 Å². The summed E-state index contributed by atoms with van der Waals surface area (Å²) < 4.78 is 0. The highest BCUT2D eigenvalue weighted by molar-refractivity contribution is 5.54. The SMILES string of the molecule is Cc1cc(CC(C)N)ccc1N(C)CC1CCCCC1. The number of anilines is 1. The lowest BCUT2D eigenvalue weighted by Crippen LogP contribution is -2.27. The predicted octanol–water partition coefficient (Wildman–Crippen LogP) is 3.90. The Labute approximate surface area is 124 Å². The summed E-state index contributed by atoms with van der Waals surface area (Å²) in [6, 6.07) is 7.05. The molecule has 1 aliphatic carbocycles. The largest absolute Gasteiger partial charge is 0.374 e. The second kappa shape index (κ2) is 7.12. The van der Waals surface area contributed by atoms with Crippen LogP contribution in [0.2, 0.25) is 0 Å². The number of nitrogens with zero attached hydrogens (tertiary/aromatic N) is 1. The first-order chi connectivity index (χ1) is 9.56. The summed E-state index contributed by atoms with van der Waals surface area (Å²) in [5, 5.41) is 0. The molecule has 112 valence electrons. The highest BCUT2D eigenvalue weighted by Gasteiger charge is 2.16. The molecule has 2 rings (SSSR count). The molecule has 0 radical (unpaired) electrons. The van der Waals surface area contributed by atoms with Gasteiger partial charge in [-0.15, -0.1) is 0 Å². The third-order valence-corrected chi connectivity index (χ3v) is 4.49. The molecule has 0 amide bonds. The second-order valence-electron chi connectivity index (χ2n) is 6.69. The van der Waals surface area contributed by atoms with E-state index < -0.39 is 0 Å². The topological polar surface area (TPSA) is 29.3 Å². The maximum absolute atomic E-state index is 5.89. The molecule has 1 saturated carbocycles. The summed E-state index contributed by atoms with van der Waals surface area (Å²) in [4.78, 5) is 2.45. The van der Waals surface area contributed by atoms with Gasteiger partial charge in [0, 0.05) is 25.3 Å². The normalized spacial score (nSPS) is 18.0. The first-order valence-corrected chi connectivity index (χ1v) is 8.12. The summed E-state index contributed by atoms with van der Waals surface area (Å²) in [5.74, 6) is 0.886. The second-order valence-corrected chi connectivity index (χ2v) is 6.69. The van der Waals surface area contributed by atoms with Crippen molar-refractivity contribution in [2.45, 2.75) is 58.4 Å². The minimum absolute atomic E-state index is 0.236. The number of rotatable bonds is 5. The number of aryl methyl sites for hydroxylation is 1. The van der Waals surface area contributed by atoms with E-state index in [1.807, 2.05) is 0 Å². The van der Waals surface area contributed by atoms with Crippen molar-refractivity contribution in [2.24, 2.45) is 11.7 Å². The summed E-state index contributed by atoms with van der Waals surface area (Å²) in [6.45, 7) is 5.49. The van der Waals surface area contributed by atoms with Gasteiger partial charge < -0.3 is 10.6 Å². The molecule has 1 aromatic rings. The van der Waals surface area contributed by atoms with Crippen molar-refractivity contribution < 1.29 is 0 Å². The van der Waals surface area contributed by atoms with E-state index in [1.165, 1.54) is 55.5 Å². The van der Waals surface area contributed by atoms with Crippen LogP contribution in [0, 0.1) is 12.8 Å². The van der Waals surface area contributed by atoms with Crippen molar-refractivity contribution in [1.82, 2.24) is 0 Å². The Bertz CT molecular complexity index is 419. The lowest BCUT2D eigenvalue weighted by molar-refractivity contribution is 0.362. The van der Waals surface area contributed by atoms with Gasteiger partial charge in [0.1, 0.15) is 0 Å². The van der Waals surface area contributed by atoms with Crippen molar-refractivity contribution >= 4 is 5.69 Å². The van der Waals surface area contributed by atoms with E-state index in [0.717, 1.165) is 12.3 Å². The Balaban J connectivity index is 2.00. The highest BCUT2D eigenvalue weighted by atomic mass is 15.1. The summed E-state index contributed by atoms with van der Waals surface area (Å²) in [7, 11) is 2.24. The van der Waals surface area contributed by atoms with Gasteiger partial charge in [-0.1, -0.05) is 31.4 Å². The van der Waals surface area contributed by atoms with Crippen molar-refractivity contribution in [3.8, 4) is 0 Å². The van der Waals surface area contributed by atoms with Crippen LogP contribution in [-0.4, -0.2) is 19.6 Å². The molecule has 20 heavy (non-hydrogen) atoms. The molecule has 2 nitrogen and oxygen atoms in total. The van der Waals surface area contributed by atoms with E-state index in [2.05, 4.69) is 44.0 Å². The van der Waals surface area contributed by atoms with E-state index in [4.69, 9.17) is 5.73 Å². The summed E-state index contributed by atoms with van der Waals surface area (Å²) in [5.41, 5.74) is 9.99. The van der Waals surface area contributed by atoms with E-state index in [9.17, 15) is 0 Å². The lowest BCUT2D eigenvalue weighted by atomic mass is 9.89. The van der Waals surface area contributed by atoms with Crippen LogP contribution in [0.25, 0.3) is 0 Å². The molecule has 2 heteroatoms. The molecule has 0 aromatic heterocycles. The van der Waals surface area contributed by atoms with Crippen LogP contribution in [0.3, 0.4) is 0 Å². The fourth-order valence-corrected chi connectivity index (χ4v) is 3.50. The van der Waals surface area contributed by atoms with Gasteiger partial charge in [0.25, 0.3) is 0 Å². The van der Waals surface area contributed by atoms with Crippen LogP contribution in [0.1, 0.15) is 50.2 Å². The van der Waals surface area contributed by atoms with E-state index in [-0.39, 0.29) is 6.04 Å². The molecule has 1 aromatic carbocycles. The van der Waals surface area contributed by atoms with E-state index >= 15 is 0 Å². The molecule has 0 bridgehead atoms. The van der Waals surface area contributed by atoms with Crippen molar-refractivity contribution in [3.63, 3.8) is 0 Å². The van der Waals surface area contributed by atoms with Crippen molar-refractivity contribution in [3.05, 3.63) is 29.3 Å². The zero-order valence-corrected chi connectivity index (χ0v) is 13.4. The van der Waals surface area contributed by atoms with Crippen LogP contribution in [0.4, 0.5) is 5.69 Å². The van der Waals surface area contributed by atoms with Crippen molar-refractivity contribution in [1.29, 1.82) is 0 Å².